The molecule has 2 heterocycles. The van der Waals surface area contributed by atoms with Crippen molar-refractivity contribution in [1.29, 1.82) is 0 Å². The van der Waals surface area contributed by atoms with E-state index in [-0.39, 0.29) is 10.8 Å². The average molecular weight is 422 g/mol. The minimum absolute atomic E-state index is 0.0835. The van der Waals surface area contributed by atoms with E-state index < -0.39 is 10.0 Å². The van der Waals surface area contributed by atoms with E-state index in [1.54, 1.807) is 28.4 Å². The predicted octanol–water partition coefficient (Wildman–Crippen LogP) is 2.57. The largest absolute Gasteiger partial charge is 0.339 e. The molecule has 0 bridgehead atoms. The summed E-state index contributed by atoms with van der Waals surface area (Å²) in [4.78, 5) is 17.9. The van der Waals surface area contributed by atoms with Gasteiger partial charge in [0.05, 0.1) is 4.90 Å². The van der Waals surface area contributed by atoms with Gasteiger partial charge < -0.3 is 4.90 Å². The Kier molecular flexibility index (Phi) is 6.87. The van der Waals surface area contributed by atoms with E-state index in [4.69, 9.17) is 0 Å². The van der Waals surface area contributed by atoms with Crippen molar-refractivity contribution in [1.82, 2.24) is 14.5 Å². The third-order valence-electron chi connectivity index (χ3n) is 5.07. The highest BCUT2D eigenvalue weighted by Crippen LogP contribution is 2.23. The van der Waals surface area contributed by atoms with E-state index >= 15 is 0 Å². The Balaban J connectivity index is 1.55. The van der Waals surface area contributed by atoms with Crippen molar-refractivity contribution in [2.24, 2.45) is 0 Å². The summed E-state index contributed by atoms with van der Waals surface area (Å²) < 4.78 is 27.7. The molecule has 1 aliphatic heterocycles. The lowest BCUT2D eigenvalue weighted by molar-refractivity contribution is 0.0773. The molecule has 1 aromatic carbocycles. The molecular formula is C20H27N3O3S2. The van der Waals surface area contributed by atoms with Crippen LogP contribution in [-0.4, -0.2) is 56.8 Å². The summed E-state index contributed by atoms with van der Waals surface area (Å²) in [5.74, 6) is -0.0835. The third-order valence-corrected chi connectivity index (χ3v) is 7.57. The van der Waals surface area contributed by atoms with Crippen LogP contribution < -0.4 is 4.72 Å². The number of rotatable bonds is 8. The summed E-state index contributed by atoms with van der Waals surface area (Å²) in [5, 5.41) is 2.12. The zero-order valence-electron chi connectivity index (χ0n) is 16.3. The molecule has 1 amide bonds. The molecule has 152 valence electrons. The number of carbonyl (C=O) groups excluding carboxylic acids is 1. The van der Waals surface area contributed by atoms with Gasteiger partial charge in [-0.1, -0.05) is 0 Å². The summed E-state index contributed by atoms with van der Waals surface area (Å²) in [6.07, 6.45) is 1.03. The Hall–Kier alpha value is -1.74. The Morgan fingerprint density at radius 3 is 2.57 bits per heavy atom. The van der Waals surface area contributed by atoms with E-state index in [1.807, 2.05) is 13.8 Å². The van der Waals surface area contributed by atoms with Crippen molar-refractivity contribution in [3.63, 3.8) is 0 Å². The van der Waals surface area contributed by atoms with Gasteiger partial charge in [0, 0.05) is 49.7 Å². The molecule has 0 aliphatic carbocycles. The number of thiophene rings is 1. The first-order valence-corrected chi connectivity index (χ1v) is 12.0. The molecule has 2 aromatic rings. The lowest BCUT2D eigenvalue weighted by atomic mass is 10.1. The SMILES string of the molecule is CCN(CC)C(=O)c1ccc(S(=O)(=O)NCCN2CCc3sccc3C2)cc1. The Morgan fingerprint density at radius 2 is 1.89 bits per heavy atom. The molecule has 0 spiro atoms. The first kappa shape index (κ1) is 21.0. The van der Waals surface area contributed by atoms with Crippen LogP contribution in [0, 0.1) is 0 Å². The maximum atomic E-state index is 12.5. The summed E-state index contributed by atoms with van der Waals surface area (Å²) in [5.41, 5.74) is 1.86. The summed E-state index contributed by atoms with van der Waals surface area (Å²) in [6.45, 7) is 7.97. The number of benzene rings is 1. The molecular weight excluding hydrogens is 394 g/mol. The number of nitrogens with one attached hydrogen (secondary N) is 1. The van der Waals surface area contributed by atoms with E-state index in [0.29, 0.717) is 31.7 Å². The van der Waals surface area contributed by atoms with Gasteiger partial charge in [-0.25, -0.2) is 13.1 Å². The van der Waals surface area contributed by atoms with Crippen molar-refractivity contribution in [2.45, 2.75) is 31.7 Å². The van der Waals surface area contributed by atoms with Crippen LogP contribution >= 0.6 is 11.3 Å². The van der Waals surface area contributed by atoms with Crippen molar-refractivity contribution < 1.29 is 13.2 Å². The summed E-state index contributed by atoms with van der Waals surface area (Å²) in [7, 11) is -3.58. The monoisotopic (exact) mass is 421 g/mol. The molecule has 1 N–H and O–H groups in total. The van der Waals surface area contributed by atoms with Gasteiger partial charge in [-0.2, -0.15) is 0 Å². The van der Waals surface area contributed by atoms with Crippen LogP contribution in [0.15, 0.2) is 40.6 Å². The van der Waals surface area contributed by atoms with Crippen LogP contribution in [0.25, 0.3) is 0 Å². The second-order valence-electron chi connectivity index (χ2n) is 6.79. The highest BCUT2D eigenvalue weighted by atomic mass is 32.2. The van der Waals surface area contributed by atoms with Crippen LogP contribution in [0.3, 0.4) is 0 Å². The number of hydrogen-bond acceptors (Lipinski definition) is 5. The van der Waals surface area contributed by atoms with Gasteiger partial charge in [-0.3, -0.25) is 9.69 Å². The average Bonchev–Trinajstić information content (AvgIpc) is 3.16. The van der Waals surface area contributed by atoms with Crippen LogP contribution in [0.5, 0.6) is 0 Å². The van der Waals surface area contributed by atoms with E-state index in [1.165, 1.54) is 22.6 Å². The van der Waals surface area contributed by atoms with Crippen LogP contribution in [0.2, 0.25) is 0 Å². The molecule has 6 nitrogen and oxygen atoms in total. The minimum atomic E-state index is -3.58. The molecule has 3 rings (SSSR count). The van der Waals surface area contributed by atoms with Crippen molar-refractivity contribution in [2.75, 3.05) is 32.7 Å². The van der Waals surface area contributed by atoms with Gasteiger partial charge in [-0.05, 0) is 61.5 Å². The second-order valence-corrected chi connectivity index (χ2v) is 9.56. The summed E-state index contributed by atoms with van der Waals surface area (Å²) in [6, 6.07) is 8.31. The van der Waals surface area contributed by atoms with Crippen LogP contribution in [0.1, 0.15) is 34.6 Å². The number of carbonyl (C=O) groups is 1. The second kappa shape index (κ2) is 9.17. The number of amides is 1. The Bertz CT molecular complexity index is 903. The first-order chi connectivity index (χ1) is 13.4. The van der Waals surface area contributed by atoms with Crippen molar-refractivity contribution in [3.8, 4) is 0 Å². The van der Waals surface area contributed by atoms with Crippen LogP contribution in [0.4, 0.5) is 0 Å². The lowest BCUT2D eigenvalue weighted by Gasteiger charge is -2.26. The molecule has 0 unspecified atom stereocenters. The molecule has 1 aromatic heterocycles. The Morgan fingerprint density at radius 1 is 1.18 bits per heavy atom. The smallest absolute Gasteiger partial charge is 0.253 e. The molecule has 0 atom stereocenters. The number of fused-ring (bicyclic) bond motifs is 1. The fraction of sp³-hybridized carbons (Fsp3) is 0.450. The maximum absolute atomic E-state index is 12.5. The molecule has 0 saturated heterocycles. The zero-order valence-corrected chi connectivity index (χ0v) is 18.0. The fourth-order valence-corrected chi connectivity index (χ4v) is 5.30. The highest BCUT2D eigenvalue weighted by Gasteiger charge is 2.19. The number of nitrogens with zero attached hydrogens (tertiary/aromatic N) is 2. The minimum Gasteiger partial charge on any atom is -0.339 e. The molecule has 0 saturated carbocycles. The van der Waals surface area contributed by atoms with Crippen LogP contribution in [-0.2, 0) is 23.0 Å². The van der Waals surface area contributed by atoms with Crippen molar-refractivity contribution in [3.05, 3.63) is 51.7 Å². The van der Waals surface area contributed by atoms with E-state index in [9.17, 15) is 13.2 Å². The zero-order chi connectivity index (χ0) is 20.1. The topological polar surface area (TPSA) is 69.7 Å². The molecule has 28 heavy (non-hydrogen) atoms. The van der Waals surface area contributed by atoms with Gasteiger partial charge in [0.15, 0.2) is 0 Å². The standard InChI is InChI=1S/C20H27N3O3S2/c1-3-23(4-2)20(24)16-5-7-18(8-6-16)28(25,26)21-11-13-22-12-9-19-17(15-22)10-14-27-19/h5-8,10,14,21H,3-4,9,11-13,15H2,1-2H3. The lowest BCUT2D eigenvalue weighted by Crippen LogP contribution is -2.37. The summed E-state index contributed by atoms with van der Waals surface area (Å²) >= 11 is 1.80. The normalized spacial score (nSPS) is 14.6. The third kappa shape index (κ3) is 4.81. The van der Waals surface area contributed by atoms with Gasteiger partial charge >= 0.3 is 0 Å². The maximum Gasteiger partial charge on any atom is 0.253 e. The highest BCUT2D eigenvalue weighted by molar-refractivity contribution is 7.89. The first-order valence-electron chi connectivity index (χ1n) is 9.61. The van der Waals surface area contributed by atoms with Gasteiger partial charge in [-0.15, -0.1) is 11.3 Å². The molecule has 8 heteroatoms. The molecule has 0 radical (unpaired) electrons. The van der Waals surface area contributed by atoms with Crippen molar-refractivity contribution >= 4 is 27.3 Å². The van der Waals surface area contributed by atoms with E-state index in [2.05, 4.69) is 21.1 Å². The van der Waals surface area contributed by atoms with Gasteiger partial charge in [0.1, 0.15) is 0 Å². The Labute approximate surface area is 171 Å². The van der Waals surface area contributed by atoms with E-state index in [0.717, 1.165) is 19.5 Å². The number of sulfonamides is 1. The quantitative estimate of drug-likeness (QED) is 0.711. The van der Waals surface area contributed by atoms with Gasteiger partial charge in [0.2, 0.25) is 10.0 Å². The molecule has 0 fully saturated rings. The number of hydrogen-bond donors (Lipinski definition) is 1. The van der Waals surface area contributed by atoms with Gasteiger partial charge in [0.25, 0.3) is 5.91 Å². The predicted molar refractivity (Wildman–Crippen MR) is 112 cm³/mol. The molecule has 1 aliphatic rings. The fourth-order valence-electron chi connectivity index (χ4n) is 3.39.